The molecule has 0 radical (unpaired) electrons. The van der Waals surface area contributed by atoms with Crippen LogP contribution >= 0.6 is 11.3 Å². The van der Waals surface area contributed by atoms with Crippen molar-refractivity contribution in [3.05, 3.63) is 57.3 Å². The zero-order valence-corrected chi connectivity index (χ0v) is 11.6. The summed E-state index contributed by atoms with van der Waals surface area (Å²) in [4.78, 5) is 3.09. The highest BCUT2D eigenvalue weighted by atomic mass is 32.1. The molecule has 0 aliphatic heterocycles. The molecule has 0 saturated carbocycles. The Morgan fingerprint density at radius 1 is 1.11 bits per heavy atom. The molecule has 1 nitrogen and oxygen atoms in total. The summed E-state index contributed by atoms with van der Waals surface area (Å²) in [7, 11) is 2.05. The summed E-state index contributed by atoms with van der Waals surface area (Å²) in [5.74, 6) is 0. The fourth-order valence-electron chi connectivity index (χ4n) is 2.77. The molecule has 0 spiro atoms. The summed E-state index contributed by atoms with van der Waals surface area (Å²) < 4.78 is 0. The molecular weight excluding hydrogens is 238 g/mol. The van der Waals surface area contributed by atoms with Crippen LogP contribution in [0.2, 0.25) is 0 Å². The minimum atomic E-state index is 0.349. The van der Waals surface area contributed by atoms with Crippen molar-refractivity contribution in [1.82, 2.24) is 5.32 Å². The Hall–Kier alpha value is -1.12. The Balaban J connectivity index is 1.94. The van der Waals surface area contributed by atoms with Gasteiger partial charge in [0.1, 0.15) is 0 Å². The van der Waals surface area contributed by atoms with E-state index in [-0.39, 0.29) is 0 Å². The largest absolute Gasteiger partial charge is 0.309 e. The lowest BCUT2D eigenvalue weighted by atomic mass is 9.98. The molecule has 2 aromatic rings. The number of fused-ring (bicyclic) bond motifs is 1. The van der Waals surface area contributed by atoms with Crippen LogP contribution in [0, 0.1) is 0 Å². The van der Waals surface area contributed by atoms with Crippen LogP contribution in [0.1, 0.15) is 39.8 Å². The van der Waals surface area contributed by atoms with Gasteiger partial charge in [-0.25, -0.2) is 0 Å². The van der Waals surface area contributed by atoms with Crippen LogP contribution in [0.5, 0.6) is 0 Å². The first-order valence-corrected chi connectivity index (χ1v) is 7.54. The van der Waals surface area contributed by atoms with Gasteiger partial charge in [-0.1, -0.05) is 30.3 Å². The Morgan fingerprint density at radius 2 is 1.89 bits per heavy atom. The van der Waals surface area contributed by atoms with E-state index in [0.29, 0.717) is 6.04 Å². The van der Waals surface area contributed by atoms with E-state index in [0.717, 1.165) is 0 Å². The van der Waals surface area contributed by atoms with Gasteiger partial charge in [-0.15, -0.1) is 11.3 Å². The second-order valence-corrected chi connectivity index (χ2v) is 6.10. The Labute approximate surface area is 113 Å². The van der Waals surface area contributed by atoms with Crippen LogP contribution in [0.15, 0.2) is 36.4 Å². The van der Waals surface area contributed by atoms with Gasteiger partial charge in [-0.2, -0.15) is 0 Å². The van der Waals surface area contributed by atoms with Gasteiger partial charge < -0.3 is 5.32 Å². The third-order valence-electron chi connectivity index (χ3n) is 3.72. The maximum absolute atomic E-state index is 3.45. The zero-order valence-electron chi connectivity index (χ0n) is 10.8. The average molecular weight is 257 g/mol. The zero-order chi connectivity index (χ0) is 12.4. The molecule has 1 aromatic carbocycles. The molecular formula is C16H19NS. The van der Waals surface area contributed by atoms with Gasteiger partial charge in [-0.3, -0.25) is 0 Å². The van der Waals surface area contributed by atoms with Crippen LogP contribution in [0.25, 0.3) is 0 Å². The summed E-state index contributed by atoms with van der Waals surface area (Å²) in [5, 5.41) is 3.45. The van der Waals surface area contributed by atoms with Crippen molar-refractivity contribution in [2.24, 2.45) is 0 Å². The average Bonchev–Trinajstić information content (AvgIpc) is 2.84. The minimum Gasteiger partial charge on any atom is -0.309 e. The predicted molar refractivity (Wildman–Crippen MR) is 78.3 cm³/mol. The van der Waals surface area contributed by atoms with E-state index in [4.69, 9.17) is 0 Å². The van der Waals surface area contributed by atoms with Crippen molar-refractivity contribution in [1.29, 1.82) is 0 Å². The van der Waals surface area contributed by atoms with Crippen molar-refractivity contribution in [2.75, 3.05) is 7.05 Å². The SMILES string of the molecule is CNC(c1ccccc1)c1cc2c(s1)CCCC2. The molecule has 1 atom stereocenters. The lowest BCUT2D eigenvalue weighted by molar-refractivity contribution is 0.691. The van der Waals surface area contributed by atoms with E-state index in [1.165, 1.54) is 36.1 Å². The molecule has 18 heavy (non-hydrogen) atoms. The fraction of sp³-hybridized carbons (Fsp3) is 0.375. The third kappa shape index (κ3) is 2.23. The summed E-state index contributed by atoms with van der Waals surface area (Å²) in [5.41, 5.74) is 2.95. The molecule has 1 aromatic heterocycles. The van der Waals surface area contributed by atoms with Crippen molar-refractivity contribution in [3.8, 4) is 0 Å². The van der Waals surface area contributed by atoms with Gasteiger partial charge in [0.15, 0.2) is 0 Å². The van der Waals surface area contributed by atoms with Crippen LogP contribution < -0.4 is 5.32 Å². The first kappa shape index (κ1) is 11.9. The molecule has 0 bridgehead atoms. The van der Waals surface area contributed by atoms with E-state index in [2.05, 4.69) is 48.8 Å². The maximum Gasteiger partial charge on any atom is 0.0668 e. The van der Waals surface area contributed by atoms with Gasteiger partial charge in [0, 0.05) is 9.75 Å². The molecule has 1 aliphatic rings. The molecule has 0 saturated heterocycles. The molecule has 1 aliphatic carbocycles. The maximum atomic E-state index is 3.45. The molecule has 94 valence electrons. The standard InChI is InChI=1S/C16H19NS/c1-17-16(12-7-3-2-4-8-12)15-11-13-9-5-6-10-14(13)18-15/h2-4,7-8,11,16-17H,5-6,9-10H2,1H3. The van der Waals surface area contributed by atoms with Crippen molar-refractivity contribution < 1.29 is 0 Å². The Bertz CT molecular complexity index is 492. The Kier molecular flexibility index (Phi) is 3.48. The van der Waals surface area contributed by atoms with Crippen molar-refractivity contribution >= 4 is 11.3 Å². The highest BCUT2D eigenvalue weighted by Gasteiger charge is 2.19. The van der Waals surface area contributed by atoms with Crippen molar-refractivity contribution in [2.45, 2.75) is 31.7 Å². The molecule has 0 amide bonds. The molecule has 0 fully saturated rings. The number of benzene rings is 1. The number of rotatable bonds is 3. The predicted octanol–water partition coefficient (Wildman–Crippen LogP) is 3.94. The Morgan fingerprint density at radius 3 is 2.61 bits per heavy atom. The van der Waals surface area contributed by atoms with Crippen molar-refractivity contribution in [3.63, 3.8) is 0 Å². The smallest absolute Gasteiger partial charge is 0.0668 e. The summed E-state index contributed by atoms with van der Waals surface area (Å²) in [6, 6.07) is 13.5. The van der Waals surface area contributed by atoms with Crippen LogP contribution in [0.3, 0.4) is 0 Å². The monoisotopic (exact) mass is 257 g/mol. The van der Waals surface area contributed by atoms with Gasteiger partial charge >= 0.3 is 0 Å². The molecule has 1 heterocycles. The number of nitrogens with one attached hydrogen (secondary N) is 1. The first-order chi connectivity index (χ1) is 8.88. The van der Waals surface area contributed by atoms with E-state index >= 15 is 0 Å². The number of thiophene rings is 1. The topological polar surface area (TPSA) is 12.0 Å². The van der Waals surface area contributed by atoms with Gasteiger partial charge in [-0.05, 0) is 49.9 Å². The third-order valence-corrected chi connectivity index (χ3v) is 5.02. The molecule has 2 heteroatoms. The number of hydrogen-bond acceptors (Lipinski definition) is 2. The highest BCUT2D eigenvalue weighted by Crippen LogP contribution is 2.35. The summed E-state index contributed by atoms with van der Waals surface area (Å²) in [6.07, 6.45) is 5.28. The quantitative estimate of drug-likeness (QED) is 0.878. The van der Waals surface area contributed by atoms with Gasteiger partial charge in [0.25, 0.3) is 0 Å². The molecule has 1 N–H and O–H groups in total. The lowest BCUT2D eigenvalue weighted by Crippen LogP contribution is -2.16. The normalized spacial score (nSPS) is 16.3. The van der Waals surface area contributed by atoms with E-state index in [1.807, 2.05) is 11.3 Å². The van der Waals surface area contributed by atoms with Crippen LogP contribution in [-0.4, -0.2) is 7.05 Å². The van der Waals surface area contributed by atoms with Gasteiger partial charge in [0.2, 0.25) is 0 Å². The number of hydrogen-bond donors (Lipinski definition) is 1. The summed E-state index contributed by atoms with van der Waals surface area (Å²) in [6.45, 7) is 0. The van der Waals surface area contributed by atoms with E-state index < -0.39 is 0 Å². The second kappa shape index (κ2) is 5.25. The first-order valence-electron chi connectivity index (χ1n) is 6.72. The van der Waals surface area contributed by atoms with Gasteiger partial charge in [0.05, 0.1) is 6.04 Å². The minimum absolute atomic E-state index is 0.349. The fourth-order valence-corrected chi connectivity index (χ4v) is 4.17. The van der Waals surface area contributed by atoms with E-state index in [1.54, 1.807) is 10.4 Å². The second-order valence-electron chi connectivity index (χ2n) is 4.94. The van der Waals surface area contributed by atoms with Crippen LogP contribution in [0.4, 0.5) is 0 Å². The lowest BCUT2D eigenvalue weighted by Gasteiger charge is -2.14. The summed E-state index contributed by atoms with van der Waals surface area (Å²) >= 11 is 2.00. The van der Waals surface area contributed by atoms with E-state index in [9.17, 15) is 0 Å². The highest BCUT2D eigenvalue weighted by molar-refractivity contribution is 7.12. The van der Waals surface area contributed by atoms with Crippen LogP contribution in [-0.2, 0) is 12.8 Å². The molecule has 3 rings (SSSR count). The number of aryl methyl sites for hydroxylation is 2. The molecule has 1 unspecified atom stereocenters.